The van der Waals surface area contributed by atoms with Gasteiger partial charge in [-0.15, -0.1) is 0 Å². The largest absolute Gasteiger partial charge is 0.384 e. The van der Waals surface area contributed by atoms with Gasteiger partial charge in [0.05, 0.1) is 11.4 Å². The zero-order valence-electron chi connectivity index (χ0n) is 12.4. The molecule has 0 amide bonds. The third-order valence-electron chi connectivity index (χ3n) is 3.08. The molecule has 108 valence electrons. The van der Waals surface area contributed by atoms with Gasteiger partial charge in [-0.05, 0) is 43.5 Å². The Bertz CT molecular complexity index is 580. The molecule has 3 nitrogen and oxygen atoms in total. The highest BCUT2D eigenvalue weighted by atomic mass is 79.9. The van der Waals surface area contributed by atoms with Crippen molar-refractivity contribution in [2.75, 3.05) is 0 Å². The molecule has 0 radical (unpaired) electrons. The molecule has 0 saturated carbocycles. The maximum Gasteiger partial charge on any atom is 0.103 e. The summed E-state index contributed by atoms with van der Waals surface area (Å²) in [5, 5.41) is 14.7. The molecule has 2 aromatic rings. The van der Waals surface area contributed by atoms with Crippen LogP contribution in [0, 0.1) is 5.92 Å². The van der Waals surface area contributed by atoms with Gasteiger partial charge in [0.25, 0.3) is 0 Å². The van der Waals surface area contributed by atoms with Crippen LogP contribution in [0.15, 0.2) is 34.8 Å². The van der Waals surface area contributed by atoms with Gasteiger partial charge in [-0.3, -0.25) is 4.68 Å². The summed E-state index contributed by atoms with van der Waals surface area (Å²) in [7, 11) is 0. The van der Waals surface area contributed by atoms with Gasteiger partial charge in [-0.25, -0.2) is 0 Å². The van der Waals surface area contributed by atoms with E-state index < -0.39 is 5.60 Å². The first kappa shape index (κ1) is 15.3. The summed E-state index contributed by atoms with van der Waals surface area (Å²) < 4.78 is 3.04. The highest BCUT2D eigenvalue weighted by Gasteiger charge is 2.22. The van der Waals surface area contributed by atoms with Gasteiger partial charge in [0.1, 0.15) is 5.60 Å². The Labute approximate surface area is 128 Å². The molecule has 4 heteroatoms. The Balaban J connectivity index is 2.49. The lowest BCUT2D eigenvalue weighted by Crippen LogP contribution is -2.17. The zero-order valence-corrected chi connectivity index (χ0v) is 14.0. The second-order valence-corrected chi connectivity index (χ2v) is 6.97. The first-order valence-corrected chi connectivity index (χ1v) is 7.63. The topological polar surface area (TPSA) is 38.0 Å². The number of nitrogens with zero attached hydrogens (tertiary/aromatic N) is 2. The number of rotatable bonds is 4. The van der Waals surface area contributed by atoms with Crippen LogP contribution in [-0.4, -0.2) is 14.9 Å². The molecule has 1 N–H and O–H groups in total. The van der Waals surface area contributed by atoms with Gasteiger partial charge in [-0.2, -0.15) is 5.10 Å². The summed E-state index contributed by atoms with van der Waals surface area (Å²) in [6, 6.07) is 10.1. The van der Waals surface area contributed by atoms with Gasteiger partial charge in [0, 0.05) is 11.0 Å². The highest BCUT2D eigenvalue weighted by molar-refractivity contribution is 9.10. The SMILES string of the molecule is CC(C)Cn1nc(C(C)(C)O)cc1-c1ccc(Br)cc1. The van der Waals surface area contributed by atoms with Crippen LogP contribution in [0.2, 0.25) is 0 Å². The average Bonchev–Trinajstić information content (AvgIpc) is 2.73. The molecule has 0 atom stereocenters. The molecule has 1 aromatic carbocycles. The molecular formula is C16H21BrN2O. The minimum absolute atomic E-state index is 0.499. The van der Waals surface area contributed by atoms with Crippen LogP contribution in [0.1, 0.15) is 33.4 Å². The van der Waals surface area contributed by atoms with E-state index in [-0.39, 0.29) is 0 Å². The number of aromatic nitrogens is 2. The van der Waals surface area contributed by atoms with Crippen molar-refractivity contribution >= 4 is 15.9 Å². The van der Waals surface area contributed by atoms with Crippen LogP contribution in [0.25, 0.3) is 11.3 Å². The third kappa shape index (κ3) is 3.49. The Morgan fingerprint density at radius 1 is 1.25 bits per heavy atom. The van der Waals surface area contributed by atoms with Crippen LogP contribution >= 0.6 is 15.9 Å². The average molecular weight is 337 g/mol. The van der Waals surface area contributed by atoms with Crippen LogP contribution in [0.5, 0.6) is 0 Å². The number of halogens is 1. The van der Waals surface area contributed by atoms with Crippen LogP contribution < -0.4 is 0 Å². The third-order valence-corrected chi connectivity index (χ3v) is 3.61. The van der Waals surface area contributed by atoms with Crippen molar-refractivity contribution < 1.29 is 5.11 Å². The number of hydrogen-bond donors (Lipinski definition) is 1. The van der Waals surface area contributed by atoms with Gasteiger partial charge >= 0.3 is 0 Å². The molecule has 0 aliphatic heterocycles. The predicted molar refractivity (Wildman–Crippen MR) is 85.4 cm³/mol. The summed E-state index contributed by atoms with van der Waals surface area (Å²) in [5.41, 5.74) is 1.93. The standard InChI is InChI=1S/C16H21BrN2O/c1-11(2)10-19-14(9-15(18-19)16(3,4)20)12-5-7-13(17)8-6-12/h5-9,11,20H,10H2,1-4H3. The highest BCUT2D eigenvalue weighted by Crippen LogP contribution is 2.27. The summed E-state index contributed by atoms with van der Waals surface area (Å²) in [5.74, 6) is 0.499. The molecule has 0 aliphatic carbocycles. The van der Waals surface area contributed by atoms with E-state index in [2.05, 4.69) is 47.0 Å². The van der Waals surface area contributed by atoms with Crippen molar-refractivity contribution in [3.63, 3.8) is 0 Å². The number of hydrogen-bond acceptors (Lipinski definition) is 2. The van der Waals surface area contributed by atoms with Crippen molar-refractivity contribution in [3.8, 4) is 11.3 Å². The fraction of sp³-hybridized carbons (Fsp3) is 0.438. The lowest BCUT2D eigenvalue weighted by molar-refractivity contribution is 0.0729. The van der Waals surface area contributed by atoms with E-state index in [4.69, 9.17) is 0 Å². The predicted octanol–water partition coefficient (Wildman–Crippen LogP) is 4.20. The number of aliphatic hydroxyl groups is 1. The van der Waals surface area contributed by atoms with E-state index in [0.29, 0.717) is 11.6 Å². The Morgan fingerprint density at radius 3 is 2.35 bits per heavy atom. The van der Waals surface area contributed by atoms with Crippen molar-refractivity contribution in [3.05, 3.63) is 40.5 Å². The van der Waals surface area contributed by atoms with Crippen molar-refractivity contribution in [2.24, 2.45) is 5.92 Å². The quantitative estimate of drug-likeness (QED) is 0.908. The molecule has 1 heterocycles. The number of benzene rings is 1. The maximum atomic E-state index is 10.2. The lowest BCUT2D eigenvalue weighted by atomic mass is 10.0. The van der Waals surface area contributed by atoms with E-state index in [1.165, 1.54) is 0 Å². The van der Waals surface area contributed by atoms with Crippen LogP contribution in [0.4, 0.5) is 0 Å². The first-order valence-electron chi connectivity index (χ1n) is 6.84. The zero-order chi connectivity index (χ0) is 14.9. The molecule has 0 unspecified atom stereocenters. The fourth-order valence-corrected chi connectivity index (χ4v) is 2.32. The van der Waals surface area contributed by atoms with Crippen molar-refractivity contribution in [2.45, 2.75) is 39.8 Å². The minimum atomic E-state index is -0.924. The summed E-state index contributed by atoms with van der Waals surface area (Å²) in [6.07, 6.45) is 0. The second kappa shape index (κ2) is 5.70. The summed E-state index contributed by atoms with van der Waals surface area (Å²) in [6.45, 7) is 8.69. The monoisotopic (exact) mass is 336 g/mol. The second-order valence-electron chi connectivity index (χ2n) is 6.06. The molecule has 1 aromatic heterocycles. The molecular weight excluding hydrogens is 316 g/mol. The van der Waals surface area contributed by atoms with Gasteiger partial charge in [0.15, 0.2) is 0 Å². The molecule has 0 fully saturated rings. The van der Waals surface area contributed by atoms with Crippen LogP contribution in [0.3, 0.4) is 0 Å². The van der Waals surface area contributed by atoms with E-state index in [1.54, 1.807) is 13.8 Å². The lowest BCUT2D eigenvalue weighted by Gasteiger charge is -2.13. The van der Waals surface area contributed by atoms with Crippen molar-refractivity contribution in [1.82, 2.24) is 9.78 Å². The Kier molecular flexibility index (Phi) is 4.35. The molecule has 0 bridgehead atoms. The van der Waals surface area contributed by atoms with Gasteiger partial charge in [0.2, 0.25) is 0 Å². The van der Waals surface area contributed by atoms with E-state index in [9.17, 15) is 5.11 Å². The van der Waals surface area contributed by atoms with Gasteiger partial charge < -0.3 is 5.11 Å². The van der Waals surface area contributed by atoms with Crippen molar-refractivity contribution in [1.29, 1.82) is 0 Å². The summed E-state index contributed by atoms with van der Waals surface area (Å²) >= 11 is 3.45. The molecule has 0 aliphatic rings. The summed E-state index contributed by atoms with van der Waals surface area (Å²) in [4.78, 5) is 0. The fourth-order valence-electron chi connectivity index (χ4n) is 2.05. The Hall–Kier alpha value is -1.13. The van der Waals surface area contributed by atoms with Gasteiger partial charge in [-0.1, -0.05) is 41.9 Å². The van der Waals surface area contributed by atoms with E-state index in [1.807, 2.05) is 22.9 Å². The Morgan fingerprint density at radius 2 is 1.85 bits per heavy atom. The molecule has 0 saturated heterocycles. The molecule has 0 spiro atoms. The first-order chi connectivity index (χ1) is 9.27. The molecule has 2 rings (SSSR count). The normalized spacial score (nSPS) is 12.2. The molecule has 20 heavy (non-hydrogen) atoms. The maximum absolute atomic E-state index is 10.2. The van der Waals surface area contributed by atoms with E-state index >= 15 is 0 Å². The van der Waals surface area contributed by atoms with E-state index in [0.717, 1.165) is 22.3 Å². The minimum Gasteiger partial charge on any atom is -0.384 e. The van der Waals surface area contributed by atoms with Crippen LogP contribution in [-0.2, 0) is 12.1 Å². The smallest absolute Gasteiger partial charge is 0.103 e.